The first kappa shape index (κ1) is 17.7. The van der Waals surface area contributed by atoms with Crippen LogP contribution in [-0.2, 0) is 27.2 Å². The van der Waals surface area contributed by atoms with Crippen LogP contribution in [-0.4, -0.2) is 49.1 Å². The fourth-order valence-electron chi connectivity index (χ4n) is 3.52. The Hall–Kier alpha value is -2.15. The van der Waals surface area contributed by atoms with Crippen LogP contribution in [0.25, 0.3) is 0 Å². The number of Topliss-reactive ketones (excluding diaryl/α,β-unsaturated/α-hetero) is 1. The van der Waals surface area contributed by atoms with Crippen LogP contribution in [0.3, 0.4) is 0 Å². The Morgan fingerprint density at radius 2 is 2.04 bits per heavy atom. The minimum atomic E-state index is -0.628. The first-order valence-electron chi connectivity index (χ1n) is 8.66. The summed E-state index contributed by atoms with van der Waals surface area (Å²) in [5.41, 5.74) is 1.38. The zero-order chi connectivity index (χ0) is 18.0. The Kier molecular flexibility index (Phi) is 4.94. The van der Waals surface area contributed by atoms with Gasteiger partial charge in [-0.3, -0.25) is 9.59 Å². The molecule has 7 heteroatoms. The monoisotopic (exact) mass is 348 g/mol. The van der Waals surface area contributed by atoms with E-state index in [-0.39, 0.29) is 11.1 Å². The Bertz CT molecular complexity index is 701. The number of ketones is 1. The molecule has 1 fully saturated rings. The molecule has 0 saturated carbocycles. The average Bonchev–Trinajstić information content (AvgIpc) is 3.21. The summed E-state index contributed by atoms with van der Waals surface area (Å²) in [6.45, 7) is 4.52. The molecule has 0 spiro atoms. The molecule has 3 rings (SSSR count). The third-order valence-corrected chi connectivity index (χ3v) is 5.22. The Morgan fingerprint density at radius 1 is 1.32 bits per heavy atom. The molecule has 1 aromatic heterocycles. The zero-order valence-electron chi connectivity index (χ0n) is 14.7. The lowest BCUT2D eigenvalue weighted by Crippen LogP contribution is -2.42. The number of aromatic nitrogens is 1. The number of esters is 1. The van der Waals surface area contributed by atoms with E-state index in [0.29, 0.717) is 38.3 Å². The fraction of sp³-hybridized carbons (Fsp3) is 0.611. The molecule has 0 atom stereocenters. The molecule has 0 unspecified atom stereocenters. The van der Waals surface area contributed by atoms with Crippen LogP contribution in [0, 0.1) is 5.41 Å². The van der Waals surface area contributed by atoms with E-state index >= 15 is 0 Å². The summed E-state index contributed by atoms with van der Waals surface area (Å²) >= 11 is 0. The summed E-state index contributed by atoms with van der Waals surface area (Å²) in [5.74, 6) is -1.70. The number of amides is 1. The van der Waals surface area contributed by atoms with Crippen LogP contribution >= 0.6 is 0 Å². The number of hydrogen-bond donors (Lipinski definition) is 1. The number of methoxy groups -OCH3 is 1. The van der Waals surface area contributed by atoms with Gasteiger partial charge in [0.05, 0.1) is 18.4 Å². The van der Waals surface area contributed by atoms with E-state index < -0.39 is 17.7 Å². The van der Waals surface area contributed by atoms with E-state index in [1.165, 1.54) is 13.2 Å². The lowest BCUT2D eigenvalue weighted by atomic mass is 9.82. The van der Waals surface area contributed by atoms with E-state index in [1.807, 2.05) is 0 Å². The summed E-state index contributed by atoms with van der Waals surface area (Å²) < 4.78 is 11.9. The van der Waals surface area contributed by atoms with Crippen LogP contribution < -0.4 is 5.32 Å². The fourth-order valence-corrected chi connectivity index (χ4v) is 3.52. The lowest BCUT2D eigenvalue weighted by Gasteiger charge is -2.33. The standard InChI is InChI=1S/C18H24N2O5/c1-18(5-8-25-9-6-18)11-19-16(22)15(21)14-10-12(17(23)24-2)13-4-3-7-20(13)14/h10H,3-9,11H2,1-2H3,(H,19,22). The van der Waals surface area contributed by atoms with E-state index in [2.05, 4.69) is 12.2 Å². The maximum atomic E-state index is 12.6. The largest absolute Gasteiger partial charge is 0.465 e. The minimum Gasteiger partial charge on any atom is -0.465 e. The molecule has 1 N–H and O–H groups in total. The van der Waals surface area contributed by atoms with Crippen LogP contribution in [0.4, 0.5) is 0 Å². The summed E-state index contributed by atoms with van der Waals surface area (Å²) in [4.78, 5) is 36.8. The second-order valence-corrected chi connectivity index (χ2v) is 7.07. The number of nitrogens with one attached hydrogen (secondary N) is 1. The van der Waals surface area contributed by atoms with E-state index in [0.717, 1.165) is 25.0 Å². The summed E-state index contributed by atoms with van der Waals surface area (Å²) in [5, 5.41) is 2.76. The number of carbonyl (C=O) groups is 3. The second-order valence-electron chi connectivity index (χ2n) is 7.07. The van der Waals surface area contributed by atoms with Gasteiger partial charge in [-0.15, -0.1) is 0 Å². The van der Waals surface area contributed by atoms with Crippen LogP contribution in [0.1, 0.15) is 52.7 Å². The van der Waals surface area contributed by atoms with Crippen molar-refractivity contribution in [3.63, 3.8) is 0 Å². The molecule has 0 aromatic carbocycles. The molecule has 1 amide bonds. The highest BCUT2D eigenvalue weighted by Gasteiger charge is 2.32. The molecular formula is C18H24N2O5. The maximum absolute atomic E-state index is 12.6. The number of fused-ring (bicyclic) bond motifs is 1. The predicted molar refractivity (Wildman–Crippen MR) is 89.6 cm³/mol. The topological polar surface area (TPSA) is 86.6 Å². The van der Waals surface area contributed by atoms with Crippen LogP contribution in [0.5, 0.6) is 0 Å². The zero-order valence-corrected chi connectivity index (χ0v) is 14.7. The third-order valence-electron chi connectivity index (χ3n) is 5.22. The Labute approximate surface area is 146 Å². The van der Waals surface area contributed by atoms with Gasteiger partial charge in [-0.05, 0) is 37.2 Å². The molecule has 2 aliphatic rings. The van der Waals surface area contributed by atoms with Crippen molar-refractivity contribution >= 4 is 17.7 Å². The molecule has 1 saturated heterocycles. The molecule has 0 radical (unpaired) electrons. The van der Waals surface area contributed by atoms with Gasteiger partial charge < -0.3 is 19.4 Å². The second kappa shape index (κ2) is 7.00. The Morgan fingerprint density at radius 3 is 2.72 bits per heavy atom. The molecule has 25 heavy (non-hydrogen) atoms. The number of ether oxygens (including phenoxy) is 2. The maximum Gasteiger partial charge on any atom is 0.339 e. The van der Waals surface area contributed by atoms with Gasteiger partial charge in [0.25, 0.3) is 11.7 Å². The number of nitrogens with zero attached hydrogens (tertiary/aromatic N) is 1. The predicted octanol–water partition coefficient (Wildman–Crippen LogP) is 1.34. The van der Waals surface area contributed by atoms with Crippen molar-refractivity contribution < 1.29 is 23.9 Å². The van der Waals surface area contributed by atoms with E-state index in [4.69, 9.17) is 9.47 Å². The first-order valence-corrected chi connectivity index (χ1v) is 8.66. The number of rotatable bonds is 5. The van der Waals surface area contributed by atoms with Gasteiger partial charge in [0, 0.05) is 32.0 Å². The molecule has 136 valence electrons. The highest BCUT2D eigenvalue weighted by molar-refractivity contribution is 6.42. The van der Waals surface area contributed by atoms with Gasteiger partial charge in [-0.25, -0.2) is 4.79 Å². The van der Waals surface area contributed by atoms with Crippen molar-refractivity contribution in [2.45, 2.75) is 39.2 Å². The van der Waals surface area contributed by atoms with E-state index in [9.17, 15) is 14.4 Å². The van der Waals surface area contributed by atoms with Crippen molar-refractivity contribution in [1.29, 1.82) is 0 Å². The van der Waals surface area contributed by atoms with Gasteiger partial charge in [0.2, 0.25) is 0 Å². The number of carbonyl (C=O) groups excluding carboxylic acids is 3. The molecule has 2 aliphatic heterocycles. The van der Waals surface area contributed by atoms with Crippen LogP contribution in [0.2, 0.25) is 0 Å². The molecule has 7 nitrogen and oxygen atoms in total. The lowest BCUT2D eigenvalue weighted by molar-refractivity contribution is -0.117. The van der Waals surface area contributed by atoms with Crippen molar-refractivity contribution in [2.24, 2.45) is 5.41 Å². The van der Waals surface area contributed by atoms with Crippen molar-refractivity contribution in [1.82, 2.24) is 9.88 Å². The van der Waals surface area contributed by atoms with Crippen molar-refractivity contribution in [3.8, 4) is 0 Å². The smallest absolute Gasteiger partial charge is 0.339 e. The van der Waals surface area contributed by atoms with Gasteiger partial charge in [0.1, 0.15) is 0 Å². The van der Waals surface area contributed by atoms with Gasteiger partial charge in [-0.2, -0.15) is 0 Å². The molecule has 3 heterocycles. The summed E-state index contributed by atoms with van der Waals surface area (Å²) in [6.07, 6.45) is 3.26. The molecular weight excluding hydrogens is 324 g/mol. The molecule has 0 bridgehead atoms. The average molecular weight is 348 g/mol. The Balaban J connectivity index is 1.72. The number of hydrogen-bond acceptors (Lipinski definition) is 5. The first-order chi connectivity index (χ1) is 11.9. The van der Waals surface area contributed by atoms with Gasteiger partial charge in [-0.1, -0.05) is 6.92 Å². The van der Waals surface area contributed by atoms with E-state index in [1.54, 1.807) is 4.57 Å². The molecule has 1 aromatic rings. The SMILES string of the molecule is COC(=O)c1cc(C(=O)C(=O)NCC2(C)CCOCC2)n2c1CCC2. The normalized spacial score (nSPS) is 18.5. The van der Waals surface area contributed by atoms with Crippen LogP contribution in [0.15, 0.2) is 6.07 Å². The van der Waals surface area contributed by atoms with Crippen molar-refractivity contribution in [3.05, 3.63) is 23.0 Å². The minimum absolute atomic E-state index is 0.0491. The highest BCUT2D eigenvalue weighted by Crippen LogP contribution is 2.29. The summed E-state index contributed by atoms with van der Waals surface area (Å²) in [7, 11) is 1.31. The molecule has 0 aliphatic carbocycles. The van der Waals surface area contributed by atoms with Crippen molar-refractivity contribution in [2.75, 3.05) is 26.9 Å². The quantitative estimate of drug-likeness (QED) is 0.493. The summed E-state index contributed by atoms with van der Waals surface area (Å²) in [6, 6.07) is 1.48. The third kappa shape index (κ3) is 3.46. The van der Waals surface area contributed by atoms with Gasteiger partial charge >= 0.3 is 5.97 Å². The van der Waals surface area contributed by atoms with Gasteiger partial charge in [0.15, 0.2) is 0 Å². The highest BCUT2D eigenvalue weighted by atomic mass is 16.5.